The molecule has 0 heterocycles. The molecule has 1 N–H and O–H groups in total. The Morgan fingerprint density at radius 2 is 2.06 bits per heavy atom. The van der Waals surface area contributed by atoms with Crippen LogP contribution < -0.4 is 5.32 Å². The minimum atomic E-state index is -0.232. The third-order valence-corrected chi connectivity index (χ3v) is 2.73. The molecule has 16 heavy (non-hydrogen) atoms. The van der Waals surface area contributed by atoms with Crippen LogP contribution in [-0.4, -0.2) is 37.9 Å². The lowest BCUT2D eigenvalue weighted by Crippen LogP contribution is -2.33. The van der Waals surface area contributed by atoms with Gasteiger partial charge in [-0.15, -0.1) is 0 Å². The Kier molecular flexibility index (Phi) is 7.34. The molecule has 1 atom stereocenters. The molecule has 0 fully saturated rings. The average molecular weight is 231 g/mol. The Hall–Kier alpha value is -0.610. The molecule has 0 aromatic rings. The van der Waals surface area contributed by atoms with Crippen LogP contribution in [0.2, 0.25) is 0 Å². The van der Waals surface area contributed by atoms with Gasteiger partial charge in [0, 0.05) is 19.6 Å². The monoisotopic (exact) mass is 231 g/mol. The van der Waals surface area contributed by atoms with Gasteiger partial charge < -0.3 is 14.8 Å². The molecule has 4 nitrogen and oxygen atoms in total. The fourth-order valence-electron chi connectivity index (χ4n) is 0.966. The summed E-state index contributed by atoms with van der Waals surface area (Å²) in [6.45, 7) is 8.74. The second kappa shape index (κ2) is 7.63. The topological polar surface area (TPSA) is 47.6 Å². The first-order valence-electron chi connectivity index (χ1n) is 5.85. The van der Waals surface area contributed by atoms with Gasteiger partial charge in [0.1, 0.15) is 0 Å². The van der Waals surface area contributed by atoms with Crippen molar-refractivity contribution in [2.75, 3.05) is 20.3 Å². The number of esters is 1. The van der Waals surface area contributed by atoms with Crippen LogP contribution in [0, 0.1) is 0 Å². The second-order valence-corrected chi connectivity index (χ2v) is 4.62. The quantitative estimate of drug-likeness (QED) is 0.646. The number of hydrogen-bond acceptors (Lipinski definition) is 4. The Bertz CT molecular complexity index is 204. The summed E-state index contributed by atoms with van der Waals surface area (Å²) in [5, 5.41) is 3.09. The Balaban J connectivity index is 3.59. The van der Waals surface area contributed by atoms with Crippen molar-refractivity contribution in [3.63, 3.8) is 0 Å². The lowest BCUT2D eigenvalue weighted by molar-refractivity contribution is -0.144. The highest BCUT2D eigenvalue weighted by Gasteiger charge is 2.16. The molecule has 0 aromatic heterocycles. The van der Waals surface area contributed by atoms with Crippen molar-refractivity contribution in [1.29, 1.82) is 0 Å². The van der Waals surface area contributed by atoms with E-state index in [4.69, 9.17) is 9.47 Å². The molecule has 0 aliphatic rings. The molecule has 1 unspecified atom stereocenters. The Morgan fingerprint density at radius 3 is 2.56 bits per heavy atom. The van der Waals surface area contributed by atoms with Gasteiger partial charge in [0.2, 0.25) is 0 Å². The van der Waals surface area contributed by atoms with Crippen molar-refractivity contribution in [1.82, 2.24) is 5.32 Å². The number of nitrogens with one attached hydrogen (secondary N) is 1. The fraction of sp³-hybridized carbons (Fsp3) is 0.917. The molecule has 0 spiro atoms. The summed E-state index contributed by atoms with van der Waals surface area (Å²) in [4.78, 5) is 11.3. The Morgan fingerprint density at radius 1 is 1.44 bits per heavy atom. The standard InChI is InChI=1S/C12H25NO3/c1-6-10(2)13-9-11(14)16-8-7-12(3,4)15-5/h10,13H,6-9H2,1-5H3. The zero-order valence-electron chi connectivity index (χ0n) is 11.1. The third-order valence-electron chi connectivity index (χ3n) is 2.73. The van der Waals surface area contributed by atoms with Crippen molar-refractivity contribution >= 4 is 5.97 Å². The summed E-state index contributed by atoms with van der Waals surface area (Å²) in [6.07, 6.45) is 1.71. The van der Waals surface area contributed by atoms with Gasteiger partial charge in [0.05, 0.1) is 18.8 Å². The smallest absolute Gasteiger partial charge is 0.319 e. The van der Waals surface area contributed by atoms with E-state index < -0.39 is 0 Å². The molecule has 0 aromatic carbocycles. The summed E-state index contributed by atoms with van der Waals surface area (Å²) < 4.78 is 10.3. The van der Waals surface area contributed by atoms with Crippen LogP contribution in [0.5, 0.6) is 0 Å². The maximum Gasteiger partial charge on any atom is 0.319 e. The summed E-state index contributed by atoms with van der Waals surface area (Å²) in [5.41, 5.74) is -0.232. The van der Waals surface area contributed by atoms with Gasteiger partial charge in [-0.3, -0.25) is 4.79 Å². The molecule has 96 valence electrons. The molecular weight excluding hydrogens is 206 g/mol. The van der Waals surface area contributed by atoms with Gasteiger partial charge >= 0.3 is 5.97 Å². The lowest BCUT2D eigenvalue weighted by Gasteiger charge is -2.22. The maximum absolute atomic E-state index is 11.3. The molecule has 0 saturated carbocycles. The molecule has 0 rings (SSSR count). The predicted molar refractivity (Wildman–Crippen MR) is 64.4 cm³/mol. The normalized spacial score (nSPS) is 13.6. The average Bonchev–Trinajstić information content (AvgIpc) is 2.25. The molecule has 0 amide bonds. The van der Waals surface area contributed by atoms with E-state index in [1.807, 2.05) is 20.8 Å². The molecule has 0 bridgehead atoms. The summed E-state index contributed by atoms with van der Waals surface area (Å²) in [7, 11) is 1.66. The van der Waals surface area contributed by atoms with Gasteiger partial charge in [-0.1, -0.05) is 6.92 Å². The van der Waals surface area contributed by atoms with Gasteiger partial charge in [0.25, 0.3) is 0 Å². The van der Waals surface area contributed by atoms with Crippen molar-refractivity contribution in [2.45, 2.75) is 52.2 Å². The van der Waals surface area contributed by atoms with Crippen LogP contribution in [0.15, 0.2) is 0 Å². The minimum absolute atomic E-state index is 0.202. The van der Waals surface area contributed by atoms with Gasteiger partial charge in [-0.05, 0) is 27.2 Å². The van der Waals surface area contributed by atoms with Gasteiger partial charge in [-0.25, -0.2) is 0 Å². The van der Waals surface area contributed by atoms with Crippen LogP contribution in [0.3, 0.4) is 0 Å². The molecule has 4 heteroatoms. The van der Waals surface area contributed by atoms with E-state index in [1.54, 1.807) is 7.11 Å². The van der Waals surface area contributed by atoms with Crippen LogP contribution in [0.1, 0.15) is 40.5 Å². The zero-order valence-corrected chi connectivity index (χ0v) is 11.1. The maximum atomic E-state index is 11.3. The van der Waals surface area contributed by atoms with Gasteiger partial charge in [-0.2, -0.15) is 0 Å². The number of carbonyl (C=O) groups excluding carboxylic acids is 1. The first-order chi connectivity index (χ1) is 7.41. The highest BCUT2D eigenvalue weighted by molar-refractivity contribution is 5.71. The molecular formula is C12H25NO3. The van der Waals surface area contributed by atoms with Crippen LogP contribution >= 0.6 is 0 Å². The molecule has 0 saturated heterocycles. The van der Waals surface area contributed by atoms with Crippen molar-refractivity contribution < 1.29 is 14.3 Å². The second-order valence-electron chi connectivity index (χ2n) is 4.62. The molecule has 0 aliphatic heterocycles. The number of hydrogen-bond donors (Lipinski definition) is 1. The summed E-state index contributed by atoms with van der Waals surface area (Å²) in [5.74, 6) is -0.202. The summed E-state index contributed by atoms with van der Waals surface area (Å²) >= 11 is 0. The number of ether oxygens (including phenoxy) is 2. The van der Waals surface area contributed by atoms with E-state index in [2.05, 4.69) is 12.2 Å². The van der Waals surface area contributed by atoms with Crippen molar-refractivity contribution in [3.05, 3.63) is 0 Å². The van der Waals surface area contributed by atoms with E-state index in [0.717, 1.165) is 6.42 Å². The van der Waals surface area contributed by atoms with E-state index >= 15 is 0 Å². The Labute approximate surface area is 98.7 Å². The highest BCUT2D eigenvalue weighted by Crippen LogP contribution is 2.12. The largest absolute Gasteiger partial charge is 0.465 e. The predicted octanol–water partition coefficient (Wildman–Crippen LogP) is 1.73. The van der Waals surface area contributed by atoms with Gasteiger partial charge in [0.15, 0.2) is 0 Å². The third kappa shape index (κ3) is 7.65. The first-order valence-corrected chi connectivity index (χ1v) is 5.85. The lowest BCUT2D eigenvalue weighted by atomic mass is 10.1. The van der Waals surface area contributed by atoms with Crippen molar-refractivity contribution in [3.8, 4) is 0 Å². The summed E-state index contributed by atoms with van der Waals surface area (Å²) in [6, 6.07) is 0.350. The molecule has 0 aliphatic carbocycles. The van der Waals surface area contributed by atoms with Crippen LogP contribution in [-0.2, 0) is 14.3 Å². The highest BCUT2D eigenvalue weighted by atomic mass is 16.5. The van der Waals surface area contributed by atoms with Crippen LogP contribution in [0.25, 0.3) is 0 Å². The van der Waals surface area contributed by atoms with E-state index in [0.29, 0.717) is 19.1 Å². The fourth-order valence-corrected chi connectivity index (χ4v) is 0.966. The van der Waals surface area contributed by atoms with E-state index in [9.17, 15) is 4.79 Å². The molecule has 0 radical (unpaired) electrons. The van der Waals surface area contributed by atoms with E-state index in [-0.39, 0.29) is 18.1 Å². The van der Waals surface area contributed by atoms with E-state index in [1.165, 1.54) is 0 Å². The number of rotatable bonds is 8. The van der Waals surface area contributed by atoms with Crippen molar-refractivity contribution in [2.24, 2.45) is 0 Å². The number of carbonyl (C=O) groups is 1. The minimum Gasteiger partial charge on any atom is -0.465 e. The SMILES string of the molecule is CCC(C)NCC(=O)OCCC(C)(C)OC. The van der Waals surface area contributed by atoms with Crippen LogP contribution in [0.4, 0.5) is 0 Å². The first kappa shape index (κ1) is 15.4. The number of methoxy groups -OCH3 is 1. The zero-order chi connectivity index (χ0) is 12.6.